The third kappa shape index (κ3) is 3.21. The van der Waals surface area contributed by atoms with Gasteiger partial charge in [-0.3, -0.25) is 0 Å². The molecule has 0 amide bonds. The largest absolute Gasteiger partial charge is 0.468 e. The van der Waals surface area contributed by atoms with Gasteiger partial charge in [-0.2, -0.15) is 0 Å². The molecule has 0 aromatic carbocycles. The summed E-state index contributed by atoms with van der Waals surface area (Å²) in [6.45, 7) is 8.25. The van der Waals surface area contributed by atoms with E-state index in [1.165, 1.54) is 12.8 Å². The van der Waals surface area contributed by atoms with Gasteiger partial charge in [0.25, 0.3) is 0 Å². The second-order valence-electron chi connectivity index (χ2n) is 5.71. The quantitative estimate of drug-likeness (QED) is 0.846. The van der Waals surface area contributed by atoms with Crippen LogP contribution >= 0.6 is 0 Å². The van der Waals surface area contributed by atoms with E-state index >= 15 is 0 Å². The highest BCUT2D eigenvalue weighted by Crippen LogP contribution is 2.43. The van der Waals surface area contributed by atoms with Crippen molar-refractivity contribution in [3.8, 4) is 0 Å². The zero-order valence-electron chi connectivity index (χ0n) is 12.4. The number of likely N-dealkylation sites (N-methyl/N-ethyl adjacent to an activating group) is 1. The highest BCUT2D eigenvalue weighted by Gasteiger charge is 2.44. The molecule has 1 heterocycles. The van der Waals surface area contributed by atoms with Gasteiger partial charge in [-0.1, -0.05) is 26.7 Å². The first-order chi connectivity index (χ1) is 9.22. The molecule has 1 saturated carbocycles. The molecule has 1 aliphatic rings. The Kier molecular flexibility index (Phi) is 5.06. The number of furan rings is 1. The van der Waals surface area contributed by atoms with E-state index < -0.39 is 0 Å². The molecular formula is C16H27NO2. The maximum atomic E-state index is 6.26. The highest BCUT2D eigenvalue weighted by molar-refractivity contribution is 5.12. The van der Waals surface area contributed by atoms with E-state index in [4.69, 9.17) is 9.15 Å². The fourth-order valence-electron chi connectivity index (χ4n) is 3.51. The van der Waals surface area contributed by atoms with Gasteiger partial charge in [0.05, 0.1) is 17.9 Å². The monoisotopic (exact) mass is 265 g/mol. The van der Waals surface area contributed by atoms with Crippen molar-refractivity contribution in [1.29, 1.82) is 0 Å². The minimum absolute atomic E-state index is 0.111. The second-order valence-corrected chi connectivity index (χ2v) is 5.71. The molecule has 1 aromatic rings. The number of hydrogen-bond donors (Lipinski definition) is 1. The van der Waals surface area contributed by atoms with Crippen molar-refractivity contribution in [1.82, 2.24) is 5.32 Å². The first kappa shape index (κ1) is 14.6. The van der Waals surface area contributed by atoms with E-state index in [0.29, 0.717) is 0 Å². The fraction of sp³-hybridized carbons (Fsp3) is 0.750. The van der Waals surface area contributed by atoms with Gasteiger partial charge in [0.1, 0.15) is 5.76 Å². The molecule has 108 valence electrons. The van der Waals surface area contributed by atoms with Crippen molar-refractivity contribution in [2.75, 3.05) is 13.2 Å². The van der Waals surface area contributed by atoms with Gasteiger partial charge in [0.15, 0.2) is 0 Å². The van der Waals surface area contributed by atoms with Crippen LogP contribution in [0.4, 0.5) is 0 Å². The van der Waals surface area contributed by atoms with Gasteiger partial charge in [0.2, 0.25) is 0 Å². The predicted octanol–water partition coefficient (Wildman–Crippen LogP) is 3.92. The lowest BCUT2D eigenvalue weighted by atomic mass is 9.73. The average molecular weight is 265 g/mol. The molecule has 1 aromatic heterocycles. The highest BCUT2D eigenvalue weighted by atomic mass is 16.5. The Balaban J connectivity index is 2.27. The smallest absolute Gasteiger partial charge is 0.123 e. The molecule has 3 nitrogen and oxygen atoms in total. The lowest BCUT2D eigenvalue weighted by Gasteiger charge is -2.44. The van der Waals surface area contributed by atoms with Crippen molar-refractivity contribution in [2.24, 2.45) is 5.92 Å². The lowest BCUT2D eigenvalue weighted by Crippen LogP contribution is -2.49. The summed E-state index contributed by atoms with van der Waals surface area (Å²) >= 11 is 0. The van der Waals surface area contributed by atoms with Crippen LogP contribution in [0.2, 0.25) is 0 Å². The summed E-state index contributed by atoms with van der Waals surface area (Å²) < 4.78 is 11.9. The molecule has 3 unspecified atom stereocenters. The summed E-state index contributed by atoms with van der Waals surface area (Å²) in [5.41, 5.74) is -0.111. The summed E-state index contributed by atoms with van der Waals surface area (Å²) in [6, 6.07) is 4.19. The van der Waals surface area contributed by atoms with Gasteiger partial charge in [-0.05, 0) is 44.4 Å². The van der Waals surface area contributed by atoms with Crippen LogP contribution in [-0.2, 0) is 4.74 Å². The molecule has 0 bridgehead atoms. The van der Waals surface area contributed by atoms with Crippen LogP contribution in [-0.4, -0.2) is 18.8 Å². The summed E-state index contributed by atoms with van der Waals surface area (Å²) in [5, 5.41) is 3.58. The molecule has 2 rings (SSSR count). The van der Waals surface area contributed by atoms with Crippen molar-refractivity contribution >= 4 is 0 Å². The van der Waals surface area contributed by atoms with Crippen molar-refractivity contribution in [2.45, 2.75) is 58.1 Å². The first-order valence-corrected chi connectivity index (χ1v) is 7.62. The van der Waals surface area contributed by atoms with Crippen LogP contribution in [0.3, 0.4) is 0 Å². The molecule has 0 spiro atoms. The van der Waals surface area contributed by atoms with Crippen LogP contribution in [0.5, 0.6) is 0 Å². The van der Waals surface area contributed by atoms with E-state index in [1.54, 1.807) is 6.26 Å². The first-order valence-electron chi connectivity index (χ1n) is 7.62. The summed E-state index contributed by atoms with van der Waals surface area (Å²) in [5.74, 6) is 1.72. The third-order valence-electron chi connectivity index (χ3n) is 4.18. The molecule has 19 heavy (non-hydrogen) atoms. The Morgan fingerprint density at radius 3 is 2.95 bits per heavy atom. The molecule has 0 aliphatic heterocycles. The van der Waals surface area contributed by atoms with E-state index in [1.807, 2.05) is 6.07 Å². The zero-order chi connectivity index (χ0) is 13.7. The predicted molar refractivity (Wildman–Crippen MR) is 77.1 cm³/mol. The average Bonchev–Trinajstić information content (AvgIpc) is 2.89. The molecular weight excluding hydrogens is 238 g/mol. The van der Waals surface area contributed by atoms with Crippen LogP contribution in [0.25, 0.3) is 0 Å². The van der Waals surface area contributed by atoms with E-state index in [0.717, 1.165) is 37.7 Å². The van der Waals surface area contributed by atoms with Crippen LogP contribution < -0.4 is 5.32 Å². The normalized spacial score (nSPS) is 29.3. The summed E-state index contributed by atoms with van der Waals surface area (Å²) in [4.78, 5) is 0. The van der Waals surface area contributed by atoms with Gasteiger partial charge in [0, 0.05) is 6.61 Å². The van der Waals surface area contributed by atoms with Crippen molar-refractivity contribution in [3.63, 3.8) is 0 Å². The number of nitrogens with one attached hydrogen (secondary N) is 1. The number of rotatable bonds is 6. The van der Waals surface area contributed by atoms with Crippen molar-refractivity contribution in [3.05, 3.63) is 24.2 Å². The molecule has 1 aliphatic carbocycles. The minimum atomic E-state index is -0.111. The topological polar surface area (TPSA) is 34.4 Å². The van der Waals surface area contributed by atoms with Crippen LogP contribution in [0, 0.1) is 5.92 Å². The molecule has 1 N–H and O–H groups in total. The number of ether oxygens (including phenoxy) is 1. The standard InChI is InChI=1S/C16H27NO2/c1-4-17-15(14-9-7-11-18-14)16(19-5-2)10-6-8-13(3)12-16/h7,9,11,13,15,17H,4-6,8,10,12H2,1-3H3. The molecule has 0 saturated heterocycles. The Hall–Kier alpha value is -0.800. The SMILES string of the molecule is CCNC(c1ccco1)C1(OCC)CCCC(C)C1. The Morgan fingerprint density at radius 1 is 1.53 bits per heavy atom. The zero-order valence-corrected chi connectivity index (χ0v) is 12.4. The van der Waals surface area contributed by atoms with Crippen LogP contribution in [0.15, 0.2) is 22.8 Å². The minimum Gasteiger partial charge on any atom is -0.468 e. The summed E-state index contributed by atoms with van der Waals surface area (Å²) in [7, 11) is 0. The molecule has 3 heteroatoms. The fourth-order valence-corrected chi connectivity index (χ4v) is 3.51. The van der Waals surface area contributed by atoms with E-state index in [9.17, 15) is 0 Å². The second kappa shape index (κ2) is 6.58. The Labute approximate surface area is 116 Å². The van der Waals surface area contributed by atoms with Gasteiger partial charge in [-0.15, -0.1) is 0 Å². The van der Waals surface area contributed by atoms with Gasteiger partial charge < -0.3 is 14.5 Å². The maximum Gasteiger partial charge on any atom is 0.123 e. The Morgan fingerprint density at radius 2 is 2.37 bits per heavy atom. The maximum absolute atomic E-state index is 6.26. The molecule has 0 radical (unpaired) electrons. The number of hydrogen-bond acceptors (Lipinski definition) is 3. The van der Waals surface area contributed by atoms with E-state index in [2.05, 4.69) is 32.2 Å². The summed E-state index contributed by atoms with van der Waals surface area (Å²) in [6.07, 6.45) is 6.53. The third-order valence-corrected chi connectivity index (χ3v) is 4.18. The lowest BCUT2D eigenvalue weighted by molar-refractivity contribution is -0.105. The van der Waals surface area contributed by atoms with E-state index in [-0.39, 0.29) is 11.6 Å². The molecule has 3 atom stereocenters. The van der Waals surface area contributed by atoms with Crippen LogP contribution in [0.1, 0.15) is 58.3 Å². The van der Waals surface area contributed by atoms with Gasteiger partial charge >= 0.3 is 0 Å². The van der Waals surface area contributed by atoms with Crippen molar-refractivity contribution < 1.29 is 9.15 Å². The molecule has 1 fully saturated rings. The Bertz CT molecular complexity index is 359. The van der Waals surface area contributed by atoms with Gasteiger partial charge in [-0.25, -0.2) is 0 Å².